The molecule has 0 amide bonds. The minimum absolute atomic E-state index is 0.0347. The van der Waals surface area contributed by atoms with Gasteiger partial charge in [-0.05, 0) is 31.5 Å². The quantitative estimate of drug-likeness (QED) is 0.185. The summed E-state index contributed by atoms with van der Waals surface area (Å²) in [6.45, 7) is 3.66. The van der Waals surface area contributed by atoms with Gasteiger partial charge in [0.1, 0.15) is 12.4 Å². The highest BCUT2D eigenvalue weighted by molar-refractivity contribution is 7.56. The van der Waals surface area contributed by atoms with Crippen LogP contribution in [0, 0.1) is 11.3 Å². The monoisotopic (exact) mass is 503 g/mol. The van der Waals surface area contributed by atoms with Gasteiger partial charge in [0.05, 0.1) is 37.8 Å². The van der Waals surface area contributed by atoms with E-state index in [1.54, 1.807) is 35.8 Å². The molecule has 0 aliphatic rings. The maximum atomic E-state index is 13.5. The second-order valence-corrected chi connectivity index (χ2v) is 9.58. The van der Waals surface area contributed by atoms with Crippen molar-refractivity contribution in [3.8, 4) is 6.07 Å². The molecule has 1 aromatic carbocycles. The van der Waals surface area contributed by atoms with Gasteiger partial charge in [0, 0.05) is 6.54 Å². The smallest absolute Gasteiger partial charge is 0.323 e. The first-order valence-electron chi connectivity index (χ1n) is 10.7. The number of aromatic amines is 1. The highest BCUT2D eigenvalue weighted by atomic mass is 31.2. The molecular formula is C21H26N7O6P. The Balaban J connectivity index is 1.65. The topological polar surface area (TPSA) is 187 Å². The summed E-state index contributed by atoms with van der Waals surface area (Å²) in [6, 6.07) is 7.73. The lowest BCUT2D eigenvalue weighted by Gasteiger charge is -2.23. The van der Waals surface area contributed by atoms with Crippen molar-refractivity contribution in [2.45, 2.75) is 33.0 Å². The Morgan fingerprint density at radius 1 is 1.37 bits per heavy atom. The van der Waals surface area contributed by atoms with E-state index in [0.29, 0.717) is 16.8 Å². The van der Waals surface area contributed by atoms with Crippen LogP contribution < -0.4 is 16.4 Å². The van der Waals surface area contributed by atoms with Crippen molar-refractivity contribution in [2.24, 2.45) is 0 Å². The zero-order valence-electron chi connectivity index (χ0n) is 19.3. The summed E-state index contributed by atoms with van der Waals surface area (Å²) in [4.78, 5) is 34.4. The fourth-order valence-electron chi connectivity index (χ4n) is 3.06. The normalized spacial score (nSPS) is 13.7. The van der Waals surface area contributed by atoms with Gasteiger partial charge in [0.2, 0.25) is 5.95 Å². The predicted octanol–water partition coefficient (Wildman–Crippen LogP) is 1.50. The van der Waals surface area contributed by atoms with Crippen molar-refractivity contribution in [3.05, 3.63) is 52.1 Å². The molecule has 0 bridgehead atoms. The Bertz CT molecular complexity index is 1310. The highest BCUT2D eigenvalue weighted by Crippen LogP contribution is 2.44. The number of aromatic nitrogens is 4. The Kier molecular flexibility index (Phi) is 8.73. The molecule has 13 nitrogen and oxygen atoms in total. The number of imidazole rings is 1. The van der Waals surface area contributed by atoms with E-state index in [2.05, 4.69) is 20.0 Å². The van der Waals surface area contributed by atoms with Gasteiger partial charge in [-0.25, -0.2) is 10.1 Å². The van der Waals surface area contributed by atoms with Gasteiger partial charge < -0.3 is 24.3 Å². The Morgan fingerprint density at radius 3 is 2.80 bits per heavy atom. The summed E-state index contributed by atoms with van der Waals surface area (Å²) in [7, 11) is -3.66. The first kappa shape index (κ1) is 26.1. The number of ether oxygens (including phenoxy) is 2. The summed E-state index contributed by atoms with van der Waals surface area (Å²) < 4.78 is 31.3. The van der Waals surface area contributed by atoms with E-state index >= 15 is 0 Å². The van der Waals surface area contributed by atoms with E-state index in [1.165, 1.54) is 13.3 Å². The minimum atomic E-state index is -3.66. The third-order valence-electron chi connectivity index (χ3n) is 4.78. The van der Waals surface area contributed by atoms with E-state index in [1.807, 2.05) is 6.07 Å². The Labute approximate surface area is 200 Å². The van der Waals surface area contributed by atoms with Gasteiger partial charge >= 0.3 is 5.97 Å². The lowest BCUT2D eigenvalue weighted by Crippen LogP contribution is -2.34. The molecule has 2 atom stereocenters. The van der Waals surface area contributed by atoms with Gasteiger partial charge in [-0.3, -0.25) is 19.1 Å². The number of rotatable bonds is 12. The maximum Gasteiger partial charge on any atom is 0.323 e. The van der Waals surface area contributed by atoms with Crippen molar-refractivity contribution >= 4 is 30.6 Å². The Hall–Kier alpha value is -3.56. The molecule has 0 spiro atoms. The summed E-state index contributed by atoms with van der Waals surface area (Å²) in [5.74, 6) is -0.614. The lowest BCUT2D eigenvalue weighted by atomic mass is 10.2. The number of hydrogen-bond donors (Lipinski definition) is 3. The van der Waals surface area contributed by atoms with Gasteiger partial charge in [-0.2, -0.15) is 10.2 Å². The van der Waals surface area contributed by atoms with Gasteiger partial charge in [-0.1, -0.05) is 12.1 Å². The average molecular weight is 503 g/mol. The van der Waals surface area contributed by atoms with Crippen LogP contribution >= 0.6 is 7.52 Å². The van der Waals surface area contributed by atoms with Crippen LogP contribution in [0.4, 0.5) is 5.95 Å². The van der Waals surface area contributed by atoms with Crippen LogP contribution in [0.3, 0.4) is 0 Å². The van der Waals surface area contributed by atoms with E-state index < -0.39 is 25.1 Å². The third-order valence-corrected chi connectivity index (χ3v) is 6.63. The second kappa shape index (κ2) is 11.7. The Morgan fingerprint density at radius 2 is 2.11 bits per heavy atom. The number of nitrogens with two attached hydrogens (primary N) is 1. The second-order valence-electron chi connectivity index (χ2n) is 7.46. The number of anilines is 1. The zero-order chi connectivity index (χ0) is 25.4. The molecule has 0 aliphatic heterocycles. The van der Waals surface area contributed by atoms with Crippen LogP contribution in [-0.4, -0.2) is 51.1 Å². The number of H-pyrrole nitrogens is 1. The van der Waals surface area contributed by atoms with Crippen molar-refractivity contribution in [2.75, 3.05) is 25.3 Å². The van der Waals surface area contributed by atoms with Crippen LogP contribution in [0.15, 0.2) is 35.4 Å². The van der Waals surface area contributed by atoms with E-state index in [0.717, 1.165) is 0 Å². The molecule has 186 valence electrons. The van der Waals surface area contributed by atoms with Crippen LogP contribution in [0.5, 0.6) is 0 Å². The van der Waals surface area contributed by atoms with Crippen molar-refractivity contribution in [1.82, 2.24) is 24.6 Å². The molecule has 0 aliphatic carbocycles. The third kappa shape index (κ3) is 6.97. The number of carbonyl (C=O) groups is 1. The molecule has 0 saturated heterocycles. The molecular weight excluding hydrogens is 477 g/mol. The molecule has 0 saturated carbocycles. The van der Waals surface area contributed by atoms with Crippen LogP contribution in [-0.2, 0) is 36.5 Å². The number of nitriles is 1. The number of carbonyl (C=O) groups excluding carboxylic acids is 1. The van der Waals surface area contributed by atoms with Crippen molar-refractivity contribution in [1.29, 1.82) is 5.26 Å². The molecule has 0 fully saturated rings. The highest BCUT2D eigenvalue weighted by Gasteiger charge is 2.29. The number of nitrogen functional groups attached to an aromatic ring is 1. The summed E-state index contributed by atoms with van der Waals surface area (Å²) in [5, 5.41) is 11.6. The number of hydrogen-bond acceptors (Lipinski definition) is 10. The molecule has 3 aromatic rings. The number of fused-ring (bicyclic) bond motifs is 1. The fourth-order valence-corrected chi connectivity index (χ4v) is 4.71. The van der Waals surface area contributed by atoms with Gasteiger partial charge in [0.25, 0.3) is 13.1 Å². The standard InChI is InChI=1S/C21H26N7O6P/c1-3-33-20(30)14(2)27-35(31,34-11-16-6-4-15(10-22)5-7-16)13-32-9-8-28-12-24-17-18(28)25-21(23)26-19(17)29/h4-7,12,14H,3,8-9,11,13H2,1-2H3,(H,27,31)(H3,23,25,26,29). The van der Waals surface area contributed by atoms with E-state index in [-0.39, 0.29) is 44.2 Å². The molecule has 2 heterocycles. The molecule has 2 aromatic heterocycles. The summed E-state index contributed by atoms with van der Waals surface area (Å²) >= 11 is 0. The maximum absolute atomic E-state index is 13.5. The first-order chi connectivity index (χ1) is 16.7. The van der Waals surface area contributed by atoms with Crippen LogP contribution in [0.25, 0.3) is 11.2 Å². The first-order valence-corrected chi connectivity index (χ1v) is 12.5. The van der Waals surface area contributed by atoms with E-state index in [4.69, 9.17) is 25.0 Å². The van der Waals surface area contributed by atoms with Crippen LogP contribution in [0.2, 0.25) is 0 Å². The summed E-state index contributed by atoms with van der Waals surface area (Å²) in [6.07, 6.45) is 1.09. The number of benzene rings is 1. The van der Waals surface area contributed by atoms with Gasteiger partial charge in [0.15, 0.2) is 11.2 Å². The van der Waals surface area contributed by atoms with Crippen molar-refractivity contribution in [3.63, 3.8) is 0 Å². The number of nitrogens with one attached hydrogen (secondary N) is 2. The van der Waals surface area contributed by atoms with Crippen molar-refractivity contribution < 1.29 is 23.4 Å². The van der Waals surface area contributed by atoms with Crippen LogP contribution in [0.1, 0.15) is 25.0 Å². The number of nitrogens with zero attached hydrogens (tertiary/aromatic N) is 4. The molecule has 35 heavy (non-hydrogen) atoms. The minimum Gasteiger partial charge on any atom is -0.465 e. The van der Waals surface area contributed by atoms with E-state index in [9.17, 15) is 14.2 Å². The molecule has 2 unspecified atom stereocenters. The summed E-state index contributed by atoms with van der Waals surface area (Å²) in [5.41, 5.74) is 6.76. The largest absolute Gasteiger partial charge is 0.465 e. The van der Waals surface area contributed by atoms with Gasteiger partial charge in [-0.15, -0.1) is 0 Å². The predicted molar refractivity (Wildman–Crippen MR) is 126 cm³/mol. The average Bonchev–Trinajstić information content (AvgIpc) is 3.24. The lowest BCUT2D eigenvalue weighted by molar-refractivity contribution is -0.144. The molecule has 3 rings (SSSR count). The molecule has 14 heteroatoms. The zero-order valence-corrected chi connectivity index (χ0v) is 20.2. The molecule has 0 radical (unpaired) electrons. The SMILES string of the molecule is CCOC(=O)C(C)NP(=O)(COCCn1cnc2c(=O)[nH]c(N)nc21)OCc1ccc(C#N)cc1. The molecule has 4 N–H and O–H groups in total. The number of esters is 1. The fraction of sp³-hybridized carbons (Fsp3) is 0.381.